The molecule has 0 rings (SSSR count). The van der Waals surface area contributed by atoms with Crippen LogP contribution in [0.25, 0.3) is 0 Å². The quantitative estimate of drug-likeness (QED) is 0.525. The molecule has 0 fully saturated rings. The Morgan fingerprint density at radius 3 is 1.27 bits per heavy atom. The molecule has 0 saturated carbocycles. The Kier molecular flexibility index (Phi) is 15.2. The minimum atomic E-state index is 0. The van der Waals surface area contributed by atoms with Gasteiger partial charge in [-0.1, -0.05) is 0 Å². The minimum absolute atomic E-state index is 0. The van der Waals surface area contributed by atoms with Gasteiger partial charge in [-0.3, -0.25) is 4.90 Å². The summed E-state index contributed by atoms with van der Waals surface area (Å²) < 4.78 is 0. The molecule has 0 N–H and O–H groups in total. The Morgan fingerprint density at radius 2 is 1.27 bits per heavy atom. The molecule has 59 valence electrons. The van der Waals surface area contributed by atoms with Crippen molar-refractivity contribution in [1.29, 1.82) is 0 Å². The molecule has 11 heavy (non-hydrogen) atoms. The molecule has 3 heteroatoms. The van der Waals surface area contributed by atoms with Crippen molar-refractivity contribution in [3.63, 3.8) is 0 Å². The fourth-order valence-electron chi connectivity index (χ4n) is 1.11. The first kappa shape index (κ1) is 18.0. The molecule has 0 unspecified atom stereocenters. The van der Waals surface area contributed by atoms with Gasteiger partial charge in [-0.2, -0.15) is 0 Å². The second-order valence-electron chi connectivity index (χ2n) is 2.93. The number of hydrogen-bond acceptors (Lipinski definition) is 1. The van der Waals surface area contributed by atoms with Gasteiger partial charge < -0.3 is 0 Å². The molecule has 0 spiro atoms. The van der Waals surface area contributed by atoms with Crippen LogP contribution in [-0.2, 0) is 0 Å². The predicted molar refractivity (Wildman–Crippen MR) is 56.6 cm³/mol. The zero-order valence-electron chi connectivity index (χ0n) is 7.02. The van der Waals surface area contributed by atoms with Crippen molar-refractivity contribution in [3.05, 3.63) is 6.92 Å². The van der Waals surface area contributed by atoms with Gasteiger partial charge in [-0.05, 0) is 41.2 Å². The van der Waals surface area contributed by atoms with Crippen molar-refractivity contribution in [2.24, 2.45) is 0 Å². The summed E-state index contributed by atoms with van der Waals surface area (Å²) in [6.45, 7) is 13.6. The first-order valence-electron chi connectivity index (χ1n) is 3.64. The summed E-state index contributed by atoms with van der Waals surface area (Å²) in [5.41, 5.74) is 0. The van der Waals surface area contributed by atoms with Crippen LogP contribution in [0.15, 0.2) is 0 Å². The fraction of sp³-hybridized carbons (Fsp3) is 0.875. The average molecular weight is 144 g/mol. The number of nitrogens with zero attached hydrogens (tertiary/aromatic N) is 1. The molecule has 0 bridgehead atoms. The molecule has 0 atom stereocenters. The van der Waals surface area contributed by atoms with E-state index in [-0.39, 0.29) is 37.7 Å². The van der Waals surface area contributed by atoms with Crippen LogP contribution in [-0.4, -0.2) is 61.2 Å². The zero-order chi connectivity index (χ0) is 7.44. The van der Waals surface area contributed by atoms with E-state index in [2.05, 4.69) is 39.5 Å². The van der Waals surface area contributed by atoms with Gasteiger partial charge in [0.25, 0.3) is 0 Å². The summed E-state index contributed by atoms with van der Waals surface area (Å²) in [5, 5.41) is 0. The summed E-state index contributed by atoms with van der Waals surface area (Å²) in [5.74, 6) is 0. The first-order valence-corrected chi connectivity index (χ1v) is 3.64. The van der Waals surface area contributed by atoms with Gasteiger partial charge in [0, 0.05) is 12.1 Å². The Morgan fingerprint density at radius 1 is 1.00 bits per heavy atom. The Bertz CT molecular complexity index is 66.5. The van der Waals surface area contributed by atoms with Crippen LogP contribution >= 0.6 is 0 Å². The van der Waals surface area contributed by atoms with Crippen molar-refractivity contribution in [1.82, 2.24) is 4.90 Å². The molecule has 0 heterocycles. The van der Waals surface area contributed by atoms with Crippen LogP contribution in [0, 0.1) is 6.92 Å². The normalized spacial score (nSPS) is 9.82. The molecule has 1 nitrogen and oxygen atoms in total. The van der Waals surface area contributed by atoms with E-state index in [0.29, 0.717) is 12.1 Å². The van der Waals surface area contributed by atoms with E-state index in [1.165, 1.54) is 0 Å². The van der Waals surface area contributed by atoms with Crippen molar-refractivity contribution in [2.75, 3.05) is 6.54 Å². The second kappa shape index (κ2) is 9.24. The summed E-state index contributed by atoms with van der Waals surface area (Å²) in [6.07, 6.45) is 0. The molecule has 0 amide bonds. The van der Waals surface area contributed by atoms with Gasteiger partial charge in [-0.25, -0.2) is 0 Å². The van der Waals surface area contributed by atoms with Crippen molar-refractivity contribution in [2.45, 2.75) is 39.8 Å². The first-order chi connectivity index (χ1) is 4.09. The fourth-order valence-corrected chi connectivity index (χ4v) is 1.11. The van der Waals surface area contributed by atoms with Gasteiger partial charge in [-0.15, -0.1) is 0 Å². The average Bonchev–Trinajstić information content (AvgIpc) is 1.64. The van der Waals surface area contributed by atoms with E-state index in [0.717, 1.165) is 6.54 Å². The molecular formula is C8H20Li2N. The Balaban J connectivity index is -0.000000320. The number of hydrogen-bond donors (Lipinski definition) is 0. The summed E-state index contributed by atoms with van der Waals surface area (Å²) in [7, 11) is 0. The van der Waals surface area contributed by atoms with Crippen LogP contribution in [0.4, 0.5) is 0 Å². The van der Waals surface area contributed by atoms with E-state index in [1.54, 1.807) is 0 Å². The van der Waals surface area contributed by atoms with Gasteiger partial charge >= 0.3 is 37.7 Å². The summed E-state index contributed by atoms with van der Waals surface area (Å²) in [4.78, 5) is 2.35. The topological polar surface area (TPSA) is 3.24 Å². The van der Waals surface area contributed by atoms with Crippen molar-refractivity contribution in [3.8, 4) is 0 Å². The molecule has 0 aliphatic heterocycles. The third-order valence-electron chi connectivity index (χ3n) is 1.58. The van der Waals surface area contributed by atoms with Crippen LogP contribution in [0.3, 0.4) is 0 Å². The van der Waals surface area contributed by atoms with Crippen LogP contribution in [0.1, 0.15) is 27.7 Å². The Hall–Kier alpha value is 1.15. The predicted octanol–water partition coefficient (Wildman–Crippen LogP) is 0.642. The van der Waals surface area contributed by atoms with Crippen LogP contribution in [0.5, 0.6) is 0 Å². The molecule has 0 saturated heterocycles. The monoisotopic (exact) mass is 144 g/mol. The van der Waals surface area contributed by atoms with E-state index in [1.807, 2.05) is 0 Å². The maximum absolute atomic E-state index is 3.85. The molecule has 0 aliphatic carbocycles. The standard InChI is InChI=1S/C8H18N.2Li.2H/c1-6-9(7(2)3)8(4)5;;;;/h7-8H,1,6H2,2-5H3;;;;. The van der Waals surface area contributed by atoms with E-state index in [4.69, 9.17) is 0 Å². The summed E-state index contributed by atoms with van der Waals surface area (Å²) in [6, 6.07) is 1.25. The van der Waals surface area contributed by atoms with Crippen LogP contribution < -0.4 is 0 Å². The molecule has 0 aromatic carbocycles. The zero-order valence-corrected chi connectivity index (χ0v) is 7.02. The van der Waals surface area contributed by atoms with Gasteiger partial charge in [0.15, 0.2) is 0 Å². The maximum atomic E-state index is 3.85. The van der Waals surface area contributed by atoms with E-state index in [9.17, 15) is 0 Å². The SMILES string of the molecule is [CH2]CN(C(C)C)C(C)C.[LiH].[LiH]. The molecule has 0 aromatic rings. The summed E-state index contributed by atoms with van der Waals surface area (Å²) >= 11 is 0. The van der Waals surface area contributed by atoms with Gasteiger partial charge in [0.1, 0.15) is 0 Å². The third-order valence-corrected chi connectivity index (χ3v) is 1.58. The van der Waals surface area contributed by atoms with E-state index >= 15 is 0 Å². The number of rotatable bonds is 3. The Labute approximate surface area is 95.6 Å². The molecule has 0 aromatic heterocycles. The van der Waals surface area contributed by atoms with Crippen LogP contribution in [0.2, 0.25) is 0 Å². The van der Waals surface area contributed by atoms with Gasteiger partial charge in [0.2, 0.25) is 0 Å². The van der Waals surface area contributed by atoms with Crippen molar-refractivity contribution < 1.29 is 0 Å². The second-order valence-corrected chi connectivity index (χ2v) is 2.93. The van der Waals surface area contributed by atoms with Crippen molar-refractivity contribution >= 4 is 37.7 Å². The van der Waals surface area contributed by atoms with Gasteiger partial charge in [0.05, 0.1) is 0 Å². The van der Waals surface area contributed by atoms with E-state index < -0.39 is 0 Å². The third kappa shape index (κ3) is 7.51. The molecule has 0 aliphatic rings. The molecular weight excluding hydrogens is 124 g/mol. The molecule has 1 radical (unpaired) electrons.